The first-order valence-corrected chi connectivity index (χ1v) is 13.9. The van der Waals surface area contributed by atoms with E-state index in [2.05, 4.69) is 12.2 Å². The molecule has 0 spiro atoms. The second kappa shape index (κ2) is 14.5. The molecule has 0 unspecified atom stereocenters. The Hall–Kier alpha value is -2.18. The van der Waals surface area contributed by atoms with E-state index in [1.165, 1.54) is 11.8 Å². The number of thioether (sulfide) groups is 1. The number of benzene rings is 3. The normalized spacial score (nSPS) is 11.7. The van der Waals surface area contributed by atoms with Gasteiger partial charge in [-0.25, -0.2) is 0 Å². The number of carbonyl (C=O) groups excluding carboxylic acids is 2. The third kappa shape index (κ3) is 8.45. The largest absolute Gasteiger partial charge is 0.354 e. The molecule has 1 atom stereocenters. The summed E-state index contributed by atoms with van der Waals surface area (Å²) in [4.78, 5) is 29.7. The predicted octanol–water partition coefficient (Wildman–Crippen LogP) is 7.30. The number of carbonyl (C=O) groups is 2. The average molecular weight is 564 g/mol. The molecular formula is C28H29Cl3N2O2S. The highest BCUT2D eigenvalue weighted by molar-refractivity contribution is 8.00. The lowest BCUT2D eigenvalue weighted by atomic mass is 10.0. The molecular weight excluding hydrogens is 535 g/mol. The van der Waals surface area contributed by atoms with Crippen LogP contribution in [0.5, 0.6) is 0 Å². The third-order valence-electron chi connectivity index (χ3n) is 5.67. The lowest BCUT2D eigenvalue weighted by Gasteiger charge is -2.32. The first-order valence-electron chi connectivity index (χ1n) is 11.8. The van der Waals surface area contributed by atoms with Crippen molar-refractivity contribution in [3.05, 3.63) is 99.0 Å². The predicted molar refractivity (Wildman–Crippen MR) is 151 cm³/mol. The second-order valence-electron chi connectivity index (χ2n) is 8.31. The molecule has 0 aromatic heterocycles. The average Bonchev–Trinajstić information content (AvgIpc) is 2.88. The zero-order chi connectivity index (χ0) is 25.9. The molecule has 0 radical (unpaired) electrons. The van der Waals surface area contributed by atoms with Crippen LogP contribution in [0.15, 0.2) is 77.7 Å². The lowest BCUT2D eigenvalue weighted by molar-refractivity contribution is -0.139. The summed E-state index contributed by atoms with van der Waals surface area (Å²) in [6, 6.07) is 21.5. The van der Waals surface area contributed by atoms with Gasteiger partial charge in [0.05, 0.1) is 5.75 Å². The van der Waals surface area contributed by atoms with E-state index in [1.54, 1.807) is 35.2 Å². The minimum atomic E-state index is -0.727. The van der Waals surface area contributed by atoms with Crippen LogP contribution in [-0.4, -0.2) is 35.1 Å². The summed E-state index contributed by atoms with van der Waals surface area (Å²) in [5, 5.41) is 4.55. The fourth-order valence-electron chi connectivity index (χ4n) is 3.67. The molecule has 0 heterocycles. The summed E-state index contributed by atoms with van der Waals surface area (Å²) < 4.78 is 0. The molecule has 36 heavy (non-hydrogen) atoms. The summed E-state index contributed by atoms with van der Waals surface area (Å²) in [7, 11) is 0. The number of nitrogens with one attached hydrogen (secondary N) is 1. The van der Waals surface area contributed by atoms with E-state index >= 15 is 0 Å². The van der Waals surface area contributed by atoms with Gasteiger partial charge in [-0.2, -0.15) is 0 Å². The number of unbranched alkanes of at least 4 members (excludes halogenated alkanes) is 1. The van der Waals surface area contributed by atoms with Gasteiger partial charge in [-0.1, -0.05) is 84.5 Å². The summed E-state index contributed by atoms with van der Waals surface area (Å²) in [5.74, 6) is -0.227. The zero-order valence-electron chi connectivity index (χ0n) is 20.1. The Morgan fingerprint density at radius 3 is 2.22 bits per heavy atom. The summed E-state index contributed by atoms with van der Waals surface area (Å²) in [6.45, 7) is 2.74. The molecule has 0 aliphatic carbocycles. The zero-order valence-corrected chi connectivity index (χ0v) is 23.1. The van der Waals surface area contributed by atoms with Crippen LogP contribution in [0.25, 0.3) is 0 Å². The Morgan fingerprint density at radius 2 is 1.58 bits per heavy atom. The number of rotatable bonds is 12. The van der Waals surface area contributed by atoms with Crippen molar-refractivity contribution in [2.75, 3.05) is 12.3 Å². The van der Waals surface area contributed by atoms with Crippen molar-refractivity contribution in [2.24, 2.45) is 0 Å². The molecule has 3 rings (SSSR count). The Labute approximate surface area is 232 Å². The summed E-state index contributed by atoms with van der Waals surface area (Å²) in [6.07, 6.45) is 2.19. The molecule has 0 aliphatic heterocycles. The van der Waals surface area contributed by atoms with E-state index in [9.17, 15) is 9.59 Å². The summed E-state index contributed by atoms with van der Waals surface area (Å²) >= 11 is 20.3. The fraction of sp³-hybridized carbons (Fsp3) is 0.286. The molecule has 0 fully saturated rings. The molecule has 1 N–H and O–H groups in total. The number of hydrogen-bond donors (Lipinski definition) is 1. The minimum Gasteiger partial charge on any atom is -0.354 e. The monoisotopic (exact) mass is 562 g/mol. The van der Waals surface area contributed by atoms with Gasteiger partial charge in [0.15, 0.2) is 0 Å². The van der Waals surface area contributed by atoms with Crippen molar-refractivity contribution in [1.82, 2.24) is 10.2 Å². The van der Waals surface area contributed by atoms with Crippen molar-refractivity contribution in [3.8, 4) is 0 Å². The van der Waals surface area contributed by atoms with E-state index in [-0.39, 0.29) is 24.1 Å². The van der Waals surface area contributed by atoms with Gasteiger partial charge in [0, 0.05) is 45.0 Å². The molecule has 8 heteroatoms. The molecule has 2 amide bonds. The van der Waals surface area contributed by atoms with Gasteiger partial charge >= 0.3 is 0 Å². The van der Waals surface area contributed by atoms with Crippen LogP contribution in [0.3, 0.4) is 0 Å². The van der Waals surface area contributed by atoms with Gasteiger partial charge in [0.1, 0.15) is 6.04 Å². The Morgan fingerprint density at radius 1 is 0.917 bits per heavy atom. The van der Waals surface area contributed by atoms with Crippen molar-refractivity contribution in [3.63, 3.8) is 0 Å². The Bertz CT molecular complexity index is 1120. The van der Waals surface area contributed by atoms with Crippen LogP contribution in [0.4, 0.5) is 0 Å². The number of halogens is 3. The molecule has 0 aliphatic rings. The first-order chi connectivity index (χ1) is 17.4. The van der Waals surface area contributed by atoms with Crippen LogP contribution >= 0.6 is 46.6 Å². The number of nitrogens with zero attached hydrogens (tertiary/aromatic N) is 1. The Balaban J connectivity index is 1.92. The smallest absolute Gasteiger partial charge is 0.243 e. The highest BCUT2D eigenvalue weighted by Crippen LogP contribution is 2.28. The van der Waals surface area contributed by atoms with Gasteiger partial charge in [-0.15, -0.1) is 11.8 Å². The molecule has 4 nitrogen and oxygen atoms in total. The fourth-order valence-corrected chi connectivity index (χ4v) is 5.10. The van der Waals surface area contributed by atoms with E-state index in [0.29, 0.717) is 33.6 Å². The van der Waals surface area contributed by atoms with Crippen molar-refractivity contribution in [2.45, 2.75) is 43.7 Å². The molecule has 3 aromatic carbocycles. The minimum absolute atomic E-state index is 0.122. The molecule has 3 aromatic rings. The van der Waals surface area contributed by atoms with Gasteiger partial charge in [0.25, 0.3) is 0 Å². The van der Waals surface area contributed by atoms with Gasteiger partial charge < -0.3 is 10.2 Å². The van der Waals surface area contributed by atoms with Gasteiger partial charge in [-0.3, -0.25) is 9.59 Å². The topological polar surface area (TPSA) is 49.4 Å². The van der Waals surface area contributed by atoms with E-state index in [0.717, 1.165) is 23.3 Å². The van der Waals surface area contributed by atoms with Crippen molar-refractivity contribution < 1.29 is 9.59 Å². The summed E-state index contributed by atoms with van der Waals surface area (Å²) in [5.41, 5.74) is 1.58. The lowest BCUT2D eigenvalue weighted by Crippen LogP contribution is -2.51. The van der Waals surface area contributed by atoms with Crippen molar-refractivity contribution in [1.29, 1.82) is 0 Å². The van der Waals surface area contributed by atoms with Crippen LogP contribution in [0.1, 0.15) is 30.9 Å². The SMILES string of the molecule is CCCCNC(=O)[C@@H](Cc1ccccc1)N(Cc1c(Cl)cccc1Cl)C(=O)CSc1ccc(Cl)cc1. The molecule has 0 bridgehead atoms. The maximum Gasteiger partial charge on any atom is 0.243 e. The standard InChI is InChI=1S/C28H29Cl3N2O2S/c1-2-3-16-32-28(35)26(17-20-8-5-4-6-9-20)33(18-23-24(30)10-7-11-25(23)31)27(34)19-36-22-14-12-21(29)13-15-22/h4-15,26H,2-3,16-19H2,1H3,(H,32,35)/t26-/m1/s1. The highest BCUT2D eigenvalue weighted by atomic mass is 35.5. The molecule has 0 saturated carbocycles. The second-order valence-corrected chi connectivity index (χ2v) is 10.6. The van der Waals surface area contributed by atoms with Crippen molar-refractivity contribution >= 4 is 58.4 Å². The van der Waals surface area contributed by atoms with E-state index in [4.69, 9.17) is 34.8 Å². The maximum absolute atomic E-state index is 13.7. The van der Waals surface area contributed by atoms with E-state index < -0.39 is 6.04 Å². The van der Waals surface area contributed by atoms with Crippen LogP contribution in [0, 0.1) is 0 Å². The van der Waals surface area contributed by atoms with Gasteiger partial charge in [-0.05, 0) is 48.4 Å². The van der Waals surface area contributed by atoms with Crippen LogP contribution in [0.2, 0.25) is 15.1 Å². The van der Waals surface area contributed by atoms with Crippen LogP contribution in [-0.2, 0) is 22.6 Å². The molecule has 0 saturated heterocycles. The Kier molecular flexibility index (Phi) is 11.5. The van der Waals surface area contributed by atoms with Crippen LogP contribution < -0.4 is 5.32 Å². The maximum atomic E-state index is 13.7. The highest BCUT2D eigenvalue weighted by Gasteiger charge is 2.31. The quantitative estimate of drug-likeness (QED) is 0.186. The first kappa shape index (κ1) is 28.4. The van der Waals surface area contributed by atoms with Gasteiger partial charge in [0.2, 0.25) is 11.8 Å². The number of hydrogen-bond acceptors (Lipinski definition) is 3. The molecule has 190 valence electrons. The number of amides is 2. The van der Waals surface area contributed by atoms with E-state index in [1.807, 2.05) is 42.5 Å². The third-order valence-corrected chi connectivity index (χ3v) is 7.62.